The first kappa shape index (κ1) is 18.3. The third kappa shape index (κ3) is 483. The first-order valence-electron chi connectivity index (χ1n) is 1.85. The molecule has 9 heteroatoms. The summed E-state index contributed by atoms with van der Waals surface area (Å²) in [5.74, 6) is 0. The molecule has 65 valence electrons. The molecule has 0 aliphatic heterocycles. The maximum atomic E-state index is 9.19. The molecular weight excluding hydrogens is 223 g/mol. The molecule has 0 rings (SSSR count). The minimum absolute atomic E-state index is 0. The molecule has 0 heterocycles. The molecule has 6 nitrogen and oxygen atoms in total. The van der Waals surface area contributed by atoms with Crippen LogP contribution in [-0.4, -0.2) is 89.8 Å². The van der Waals surface area contributed by atoms with Crippen LogP contribution in [-0.2, 0) is 20.2 Å². The summed E-state index contributed by atoms with van der Waals surface area (Å²) in [4.78, 5) is 0. The molecule has 0 aromatic heterocycles. The van der Waals surface area contributed by atoms with Crippen molar-refractivity contribution in [1.82, 2.24) is 0 Å². The van der Waals surface area contributed by atoms with Gasteiger partial charge in [-0.15, -0.1) is 0 Å². The van der Waals surface area contributed by atoms with Gasteiger partial charge in [-0.05, 0) is 0 Å². The second-order valence-corrected chi connectivity index (χ2v) is 4.40. The molecule has 0 saturated carbocycles. The molecule has 0 atom stereocenters. The average molecular weight is 231 g/mol. The molecular formula is C2H8KO6S2. The zero-order valence-corrected chi connectivity index (χ0v) is 11.1. The SMILES string of the molecule is CS(=O)(=O)O.CS(=O)(=O)O.[K]. The van der Waals surface area contributed by atoms with Crippen LogP contribution >= 0.6 is 0 Å². The van der Waals surface area contributed by atoms with Gasteiger partial charge in [0.05, 0.1) is 12.5 Å². The Morgan fingerprint density at radius 1 is 0.818 bits per heavy atom. The summed E-state index contributed by atoms with van der Waals surface area (Å²) >= 11 is 0. The minimum atomic E-state index is -3.67. The zero-order chi connectivity index (χ0) is 9.00. The van der Waals surface area contributed by atoms with Crippen molar-refractivity contribution in [2.45, 2.75) is 0 Å². The van der Waals surface area contributed by atoms with Crippen molar-refractivity contribution in [1.29, 1.82) is 0 Å². The van der Waals surface area contributed by atoms with E-state index < -0.39 is 20.2 Å². The standard InChI is InChI=1S/2CH4O3S.K/c2*1-5(2,3)4;/h2*1H3,(H,2,3,4);. The topological polar surface area (TPSA) is 109 Å². The Bertz CT molecular complexity index is 215. The van der Waals surface area contributed by atoms with E-state index in [1.807, 2.05) is 0 Å². The molecule has 2 N–H and O–H groups in total. The van der Waals surface area contributed by atoms with E-state index in [4.69, 9.17) is 9.11 Å². The van der Waals surface area contributed by atoms with E-state index in [-0.39, 0.29) is 51.4 Å². The van der Waals surface area contributed by atoms with Gasteiger partial charge in [0, 0.05) is 51.4 Å². The van der Waals surface area contributed by atoms with Gasteiger partial charge < -0.3 is 0 Å². The molecule has 0 aromatic carbocycles. The van der Waals surface area contributed by atoms with Crippen molar-refractivity contribution in [3.05, 3.63) is 0 Å². The van der Waals surface area contributed by atoms with Gasteiger partial charge in [0.25, 0.3) is 20.2 Å². The van der Waals surface area contributed by atoms with Crippen LogP contribution in [0.4, 0.5) is 0 Å². The van der Waals surface area contributed by atoms with Gasteiger partial charge in [-0.1, -0.05) is 0 Å². The minimum Gasteiger partial charge on any atom is -0.286 e. The summed E-state index contributed by atoms with van der Waals surface area (Å²) < 4.78 is 51.7. The van der Waals surface area contributed by atoms with E-state index in [1.54, 1.807) is 0 Å². The Morgan fingerprint density at radius 3 is 0.818 bits per heavy atom. The zero-order valence-electron chi connectivity index (χ0n) is 6.34. The number of hydrogen-bond acceptors (Lipinski definition) is 4. The van der Waals surface area contributed by atoms with Gasteiger partial charge in [-0.25, -0.2) is 0 Å². The Hall–Kier alpha value is 1.46. The van der Waals surface area contributed by atoms with Crippen molar-refractivity contribution in [3.8, 4) is 0 Å². The Morgan fingerprint density at radius 2 is 0.818 bits per heavy atom. The second kappa shape index (κ2) is 6.92. The molecule has 0 unspecified atom stereocenters. The van der Waals surface area contributed by atoms with E-state index in [9.17, 15) is 16.8 Å². The van der Waals surface area contributed by atoms with Crippen LogP contribution in [0.3, 0.4) is 0 Å². The fourth-order valence-corrected chi connectivity index (χ4v) is 0. The van der Waals surface area contributed by atoms with Crippen LogP contribution in [0.25, 0.3) is 0 Å². The summed E-state index contributed by atoms with van der Waals surface area (Å²) in [6.07, 6.45) is 1.43. The Kier molecular flexibility index (Phi) is 11.5. The third-order valence-electron chi connectivity index (χ3n) is 0. The summed E-state index contributed by atoms with van der Waals surface area (Å²) in [5, 5.41) is 0. The first-order valence-corrected chi connectivity index (χ1v) is 5.54. The normalized spacial score (nSPS) is 10.5. The predicted molar refractivity (Wildman–Crippen MR) is 40.7 cm³/mol. The van der Waals surface area contributed by atoms with Crippen molar-refractivity contribution < 1.29 is 25.9 Å². The van der Waals surface area contributed by atoms with Crippen molar-refractivity contribution in [3.63, 3.8) is 0 Å². The largest absolute Gasteiger partial charge is 0.286 e. The van der Waals surface area contributed by atoms with Crippen molar-refractivity contribution in [2.24, 2.45) is 0 Å². The van der Waals surface area contributed by atoms with Gasteiger partial charge in [0.15, 0.2) is 0 Å². The predicted octanol–water partition coefficient (Wildman–Crippen LogP) is -1.37. The third-order valence-corrected chi connectivity index (χ3v) is 0. The fourth-order valence-electron chi connectivity index (χ4n) is 0. The molecule has 0 saturated heterocycles. The molecule has 1 radical (unpaired) electrons. The smallest absolute Gasteiger partial charge is 0.261 e. The quantitative estimate of drug-likeness (QED) is 0.393. The molecule has 0 bridgehead atoms. The monoisotopic (exact) mass is 231 g/mol. The molecule has 0 aliphatic carbocycles. The van der Waals surface area contributed by atoms with E-state index in [1.165, 1.54) is 0 Å². The number of rotatable bonds is 0. The van der Waals surface area contributed by atoms with Crippen molar-refractivity contribution in [2.75, 3.05) is 12.5 Å². The van der Waals surface area contributed by atoms with Crippen molar-refractivity contribution >= 4 is 71.6 Å². The average Bonchev–Trinajstić information content (AvgIpc) is 1.12. The Labute approximate surface area is 108 Å². The van der Waals surface area contributed by atoms with Crippen LogP contribution in [0.15, 0.2) is 0 Å². The van der Waals surface area contributed by atoms with Crippen LogP contribution in [0.2, 0.25) is 0 Å². The molecule has 0 amide bonds. The Balaban J connectivity index is -0.000000107. The van der Waals surface area contributed by atoms with Gasteiger partial charge in [0.2, 0.25) is 0 Å². The van der Waals surface area contributed by atoms with E-state index in [2.05, 4.69) is 0 Å². The molecule has 0 aliphatic rings. The van der Waals surface area contributed by atoms with Crippen LogP contribution < -0.4 is 0 Å². The maximum absolute atomic E-state index is 9.19. The molecule has 0 spiro atoms. The van der Waals surface area contributed by atoms with E-state index in [0.29, 0.717) is 12.5 Å². The summed E-state index contributed by atoms with van der Waals surface area (Å²) in [5.41, 5.74) is 0. The van der Waals surface area contributed by atoms with E-state index in [0.717, 1.165) is 0 Å². The van der Waals surface area contributed by atoms with Gasteiger partial charge in [0.1, 0.15) is 0 Å². The maximum Gasteiger partial charge on any atom is 0.261 e. The number of hydrogen-bond donors (Lipinski definition) is 2. The van der Waals surface area contributed by atoms with E-state index >= 15 is 0 Å². The molecule has 11 heavy (non-hydrogen) atoms. The van der Waals surface area contributed by atoms with Gasteiger partial charge >= 0.3 is 0 Å². The van der Waals surface area contributed by atoms with Crippen LogP contribution in [0.1, 0.15) is 0 Å². The van der Waals surface area contributed by atoms with Gasteiger partial charge in [-0.2, -0.15) is 16.8 Å². The summed E-state index contributed by atoms with van der Waals surface area (Å²) in [6, 6.07) is 0. The van der Waals surface area contributed by atoms with Crippen LogP contribution in [0.5, 0.6) is 0 Å². The second-order valence-electron chi connectivity index (χ2n) is 1.47. The van der Waals surface area contributed by atoms with Gasteiger partial charge in [-0.3, -0.25) is 9.11 Å². The molecule has 0 fully saturated rings. The first-order chi connectivity index (χ1) is 4.00. The fraction of sp³-hybridized carbons (Fsp3) is 1.00. The molecule has 0 aromatic rings. The summed E-state index contributed by atoms with van der Waals surface area (Å²) in [6.45, 7) is 0. The van der Waals surface area contributed by atoms with Crippen LogP contribution in [0, 0.1) is 0 Å². The summed E-state index contributed by atoms with van der Waals surface area (Å²) in [7, 11) is -7.33.